The second-order valence-electron chi connectivity index (χ2n) is 10.0. The summed E-state index contributed by atoms with van der Waals surface area (Å²) in [5, 5.41) is 20.4. The van der Waals surface area contributed by atoms with E-state index in [0.717, 1.165) is 34.0 Å². The minimum absolute atomic E-state index is 0.0286. The number of fused-ring (bicyclic) bond motifs is 1. The Kier molecular flexibility index (Phi) is 9.27. The van der Waals surface area contributed by atoms with E-state index in [0.29, 0.717) is 14.7 Å². The van der Waals surface area contributed by atoms with Crippen LogP contribution in [0.3, 0.4) is 0 Å². The summed E-state index contributed by atoms with van der Waals surface area (Å²) in [5.41, 5.74) is 6.95. The first kappa shape index (κ1) is 31.7. The fourth-order valence-electron chi connectivity index (χ4n) is 5.05. The third kappa shape index (κ3) is 6.03. The predicted molar refractivity (Wildman–Crippen MR) is 164 cm³/mol. The molecule has 2 saturated heterocycles. The lowest BCUT2D eigenvalue weighted by atomic mass is 10.00. The second-order valence-corrected chi connectivity index (χ2v) is 12.1. The number of hydrogen-bond donors (Lipinski definition) is 3. The number of amides is 6. The molecule has 0 radical (unpaired) electrons. The second kappa shape index (κ2) is 13.1. The van der Waals surface area contributed by atoms with Crippen molar-refractivity contribution >= 4 is 65.2 Å². The van der Waals surface area contributed by atoms with E-state index in [1.807, 2.05) is 6.07 Å². The molecule has 14 nitrogen and oxygen atoms in total. The molecule has 0 spiro atoms. The van der Waals surface area contributed by atoms with Crippen LogP contribution in [0.15, 0.2) is 64.8 Å². The van der Waals surface area contributed by atoms with E-state index in [1.54, 1.807) is 36.9 Å². The van der Waals surface area contributed by atoms with E-state index < -0.39 is 53.1 Å². The molecule has 234 valence electrons. The van der Waals surface area contributed by atoms with Crippen molar-refractivity contribution in [1.82, 2.24) is 24.6 Å². The molecule has 1 aromatic heterocycles. The van der Waals surface area contributed by atoms with Gasteiger partial charge >= 0.3 is 23.8 Å². The van der Waals surface area contributed by atoms with Crippen molar-refractivity contribution in [3.8, 4) is 5.75 Å². The van der Waals surface area contributed by atoms with E-state index in [1.165, 1.54) is 29.2 Å². The van der Waals surface area contributed by atoms with E-state index in [4.69, 9.17) is 5.73 Å². The molecule has 2 fully saturated rings. The molecule has 4 heterocycles. The maximum Gasteiger partial charge on any atom is 0.353 e. The molecule has 1 aromatic carbocycles. The summed E-state index contributed by atoms with van der Waals surface area (Å²) in [4.78, 5) is 87.3. The summed E-state index contributed by atoms with van der Waals surface area (Å²) in [5.74, 6) is -5.31. The molecular weight excluding hydrogens is 624 g/mol. The molecule has 3 aliphatic rings. The Morgan fingerprint density at radius 3 is 2.53 bits per heavy atom. The number of nitrogens with two attached hydrogens (primary N) is 1. The highest BCUT2D eigenvalue weighted by Crippen LogP contribution is 2.46. The molecule has 1 unspecified atom stereocenters. The highest BCUT2D eigenvalue weighted by atomic mass is 32.2. The van der Waals surface area contributed by atoms with Gasteiger partial charge in [0.15, 0.2) is 6.04 Å². The van der Waals surface area contributed by atoms with Crippen molar-refractivity contribution in [2.75, 3.05) is 25.4 Å². The number of piperazine rings is 1. The first-order chi connectivity index (χ1) is 21.5. The van der Waals surface area contributed by atoms with Crippen molar-refractivity contribution in [2.24, 2.45) is 5.73 Å². The van der Waals surface area contributed by atoms with Crippen LogP contribution in [0.1, 0.15) is 24.1 Å². The van der Waals surface area contributed by atoms with Gasteiger partial charge in [-0.05, 0) is 47.7 Å². The lowest BCUT2D eigenvalue weighted by molar-refractivity contribution is -0.160. The van der Waals surface area contributed by atoms with Crippen LogP contribution in [0, 0.1) is 0 Å². The Labute approximate surface area is 265 Å². The van der Waals surface area contributed by atoms with Crippen LogP contribution in [0.25, 0.3) is 6.08 Å². The van der Waals surface area contributed by atoms with Gasteiger partial charge < -0.3 is 20.8 Å². The van der Waals surface area contributed by atoms with Gasteiger partial charge in [-0.1, -0.05) is 30.0 Å². The average Bonchev–Trinajstić information content (AvgIpc) is 3.04. The molecule has 5 rings (SSSR count). The molecule has 45 heavy (non-hydrogen) atoms. The van der Waals surface area contributed by atoms with Crippen LogP contribution in [-0.4, -0.2) is 107 Å². The van der Waals surface area contributed by atoms with E-state index in [9.17, 15) is 39.0 Å². The number of likely N-dealkylation sites (N-methyl/N-ethyl adjacent to an activating group) is 1. The lowest BCUT2D eigenvalue weighted by Gasteiger charge is -2.52. The number of rotatable bonds is 8. The number of carbonyl (C=O) groups excluding carboxylic acids is 5. The number of aromatic nitrogens is 1. The first-order valence-electron chi connectivity index (χ1n) is 13.7. The monoisotopic (exact) mass is 652 g/mol. The van der Waals surface area contributed by atoms with Gasteiger partial charge in [0.2, 0.25) is 0 Å². The summed E-state index contributed by atoms with van der Waals surface area (Å²) >= 11 is 2.26. The minimum Gasteiger partial charge on any atom is -0.508 e. The number of carboxylic acid groups (broad SMARTS) is 1. The van der Waals surface area contributed by atoms with Crippen molar-refractivity contribution in [2.45, 2.75) is 24.4 Å². The average molecular weight is 653 g/mol. The number of aliphatic carboxylic acids is 1. The Morgan fingerprint density at radius 1 is 1.16 bits per heavy atom. The van der Waals surface area contributed by atoms with Gasteiger partial charge in [-0.2, -0.15) is 0 Å². The summed E-state index contributed by atoms with van der Waals surface area (Å²) in [6.07, 6.45) is 4.99. The SMILES string of the molecule is CCN1CCN(C(=O)N(C(=O)[C@H](N)c2ccc(O)cc2)C2C(=O)N3C(C(=O)O)=C(S/C=C\c4cccnc4)CS[C@H]23)C(=O)C1=O. The van der Waals surface area contributed by atoms with Crippen LogP contribution in [-0.2, 0) is 24.0 Å². The summed E-state index contributed by atoms with van der Waals surface area (Å²) in [6.45, 7) is 1.72. The van der Waals surface area contributed by atoms with Crippen molar-refractivity contribution in [3.63, 3.8) is 0 Å². The normalized spacial score (nSPS) is 20.7. The van der Waals surface area contributed by atoms with Crippen LogP contribution >= 0.6 is 23.5 Å². The van der Waals surface area contributed by atoms with Crippen molar-refractivity contribution < 1.29 is 39.0 Å². The Hall–Kier alpha value is -4.67. The molecule has 3 aliphatic heterocycles. The van der Waals surface area contributed by atoms with Crippen molar-refractivity contribution in [1.29, 1.82) is 0 Å². The number of urea groups is 1. The van der Waals surface area contributed by atoms with E-state index in [-0.39, 0.29) is 42.4 Å². The van der Waals surface area contributed by atoms with Gasteiger partial charge in [0, 0.05) is 42.7 Å². The zero-order valence-corrected chi connectivity index (χ0v) is 25.4. The number of carbonyl (C=O) groups is 6. The number of phenolic OH excluding ortho intramolecular Hbond substituents is 1. The summed E-state index contributed by atoms with van der Waals surface area (Å²) in [6, 6.07) is 4.68. The highest BCUT2D eigenvalue weighted by molar-refractivity contribution is 8.08. The molecule has 2 aromatic rings. The summed E-state index contributed by atoms with van der Waals surface area (Å²) in [7, 11) is 0. The van der Waals surface area contributed by atoms with Crippen LogP contribution in [0.4, 0.5) is 4.79 Å². The molecule has 3 atom stereocenters. The number of phenols is 1. The third-order valence-corrected chi connectivity index (χ3v) is 9.77. The molecule has 0 saturated carbocycles. The van der Waals surface area contributed by atoms with E-state index >= 15 is 0 Å². The van der Waals surface area contributed by atoms with Gasteiger partial charge in [-0.3, -0.25) is 34.0 Å². The molecule has 6 amide bonds. The Morgan fingerprint density at radius 2 is 1.89 bits per heavy atom. The number of aromatic hydroxyl groups is 1. The predicted octanol–water partition coefficient (Wildman–Crippen LogP) is 1.41. The van der Waals surface area contributed by atoms with Gasteiger partial charge in [-0.15, -0.1) is 11.8 Å². The Bertz CT molecular complexity index is 1620. The number of benzene rings is 1. The van der Waals surface area contributed by atoms with Gasteiger partial charge in [0.05, 0.1) is 0 Å². The molecular formula is C29H28N6O8S2. The van der Waals surface area contributed by atoms with Gasteiger partial charge in [-0.25, -0.2) is 14.5 Å². The zero-order valence-electron chi connectivity index (χ0n) is 23.8. The van der Waals surface area contributed by atoms with E-state index in [2.05, 4.69) is 4.98 Å². The molecule has 4 N–H and O–H groups in total. The molecule has 0 aliphatic carbocycles. The third-order valence-electron chi connectivity index (χ3n) is 7.42. The number of hydrogen-bond acceptors (Lipinski definition) is 11. The number of thioether (sulfide) groups is 2. The number of imide groups is 2. The zero-order chi connectivity index (χ0) is 32.4. The van der Waals surface area contributed by atoms with Crippen molar-refractivity contribution in [3.05, 3.63) is 75.9 Å². The number of carboxylic acids is 1. The fourth-order valence-corrected chi connectivity index (χ4v) is 7.45. The Balaban J connectivity index is 1.46. The standard InChI is InChI=1S/C29H28N6O8S2/c1-2-32-11-12-33(26(40)25(32)39)29(43)35(23(37)20(30)17-5-7-18(36)8-6-17)22-24(38)34-21(28(41)42)19(15-45-27(22)34)44-13-9-16-4-3-10-31-14-16/h3-10,13-14,20,22,27,36H,2,11-12,15,30H2,1H3,(H,41,42)/b13-9-/t20-,22?,27-/m1/s1. The maximum absolute atomic E-state index is 13.9. The number of β-lactam (4-membered cyclic amide) rings is 1. The molecule has 0 bridgehead atoms. The quantitative estimate of drug-likeness (QED) is 0.275. The minimum atomic E-state index is -1.50. The van der Waals surface area contributed by atoms with Crippen LogP contribution < -0.4 is 5.73 Å². The van der Waals surface area contributed by atoms with Crippen LogP contribution in [0.5, 0.6) is 5.75 Å². The van der Waals surface area contributed by atoms with Crippen LogP contribution in [0.2, 0.25) is 0 Å². The number of pyridine rings is 1. The topological polar surface area (TPSA) is 195 Å². The van der Waals surface area contributed by atoms with Gasteiger partial charge in [0.25, 0.3) is 11.8 Å². The smallest absolute Gasteiger partial charge is 0.353 e. The largest absolute Gasteiger partial charge is 0.508 e. The maximum atomic E-state index is 13.9. The summed E-state index contributed by atoms with van der Waals surface area (Å²) < 4.78 is 0. The lowest BCUT2D eigenvalue weighted by Crippen LogP contribution is -2.74. The van der Waals surface area contributed by atoms with Gasteiger partial charge in [0.1, 0.15) is 22.9 Å². The fraction of sp³-hybridized carbons (Fsp3) is 0.276. The number of nitrogens with zero attached hydrogens (tertiary/aromatic N) is 5. The molecule has 16 heteroatoms. The first-order valence-corrected chi connectivity index (χ1v) is 15.6. The highest BCUT2D eigenvalue weighted by Gasteiger charge is 2.60.